The van der Waals surface area contributed by atoms with E-state index in [0.29, 0.717) is 6.42 Å². The lowest BCUT2D eigenvalue weighted by Gasteiger charge is -2.11. The number of hydrogen-bond acceptors (Lipinski definition) is 3. The topological polar surface area (TPSA) is 98.2 Å². The maximum absolute atomic E-state index is 11.1. The Bertz CT molecular complexity index is 457. The van der Waals surface area contributed by atoms with Gasteiger partial charge in [-0.05, 0) is 17.2 Å². The van der Waals surface area contributed by atoms with Crippen LogP contribution in [0.3, 0.4) is 0 Å². The van der Waals surface area contributed by atoms with Crippen molar-refractivity contribution in [1.29, 1.82) is 0 Å². The summed E-state index contributed by atoms with van der Waals surface area (Å²) in [6.45, 7) is 0. The smallest absolute Gasteiger partial charge is 0.228 e. The molecule has 1 aliphatic heterocycles. The minimum absolute atomic E-state index is 0.0179. The van der Waals surface area contributed by atoms with Gasteiger partial charge < -0.3 is 16.8 Å². The van der Waals surface area contributed by atoms with Gasteiger partial charge >= 0.3 is 0 Å². The predicted octanol–water partition coefficient (Wildman–Crippen LogP) is 0.0564. The quantitative estimate of drug-likeness (QED) is 0.670. The number of carbonyl (C=O) groups excluding carboxylic acids is 2. The summed E-state index contributed by atoms with van der Waals surface area (Å²) in [6, 6.07) is 5.05. The molecule has 1 atom stereocenters. The summed E-state index contributed by atoms with van der Waals surface area (Å²) in [7, 11) is 0. The molecule has 1 aromatic carbocycles. The molecule has 0 aromatic heterocycles. The molecule has 5 heteroatoms. The molecule has 84 valence electrons. The third-order valence-electron chi connectivity index (χ3n) is 2.60. The van der Waals surface area contributed by atoms with Crippen LogP contribution in [0.15, 0.2) is 18.2 Å². The number of carbonyl (C=O) groups is 2. The lowest BCUT2D eigenvalue weighted by molar-refractivity contribution is -0.118. The van der Waals surface area contributed by atoms with E-state index in [9.17, 15) is 9.59 Å². The van der Waals surface area contributed by atoms with E-state index in [1.54, 1.807) is 12.1 Å². The first kappa shape index (κ1) is 10.6. The van der Waals surface area contributed by atoms with Gasteiger partial charge in [-0.2, -0.15) is 0 Å². The third kappa shape index (κ3) is 2.04. The van der Waals surface area contributed by atoms with Crippen molar-refractivity contribution in [2.45, 2.75) is 18.9 Å². The van der Waals surface area contributed by atoms with Crippen LogP contribution in [0.5, 0.6) is 0 Å². The second kappa shape index (κ2) is 3.94. The summed E-state index contributed by atoms with van der Waals surface area (Å²) in [6.07, 6.45) is 0.479. The van der Waals surface area contributed by atoms with Gasteiger partial charge in [0.2, 0.25) is 11.8 Å². The Labute approximate surface area is 92.8 Å². The molecule has 0 spiro atoms. The van der Waals surface area contributed by atoms with Crippen molar-refractivity contribution < 1.29 is 9.59 Å². The van der Waals surface area contributed by atoms with Gasteiger partial charge in [0.25, 0.3) is 0 Å². The molecule has 2 amide bonds. The molecule has 0 aliphatic carbocycles. The average molecular weight is 219 g/mol. The van der Waals surface area contributed by atoms with Gasteiger partial charge in [-0.15, -0.1) is 0 Å². The van der Waals surface area contributed by atoms with Crippen molar-refractivity contribution >= 4 is 17.5 Å². The first-order valence-electron chi connectivity index (χ1n) is 5.03. The lowest BCUT2D eigenvalue weighted by Crippen LogP contribution is -2.20. The molecule has 2 rings (SSSR count). The van der Waals surface area contributed by atoms with E-state index >= 15 is 0 Å². The Balaban J connectivity index is 2.22. The predicted molar refractivity (Wildman–Crippen MR) is 59.5 cm³/mol. The Morgan fingerprint density at radius 2 is 2.25 bits per heavy atom. The highest BCUT2D eigenvalue weighted by Gasteiger charge is 2.19. The van der Waals surface area contributed by atoms with Gasteiger partial charge in [0, 0.05) is 18.2 Å². The number of rotatable bonds is 3. The van der Waals surface area contributed by atoms with Crippen molar-refractivity contribution in [2.75, 3.05) is 5.32 Å². The van der Waals surface area contributed by atoms with E-state index in [2.05, 4.69) is 5.32 Å². The number of primary amides is 1. The summed E-state index contributed by atoms with van der Waals surface area (Å²) in [4.78, 5) is 21.9. The van der Waals surface area contributed by atoms with Gasteiger partial charge in [-0.1, -0.05) is 12.1 Å². The fourth-order valence-corrected chi connectivity index (χ4v) is 1.81. The fourth-order valence-electron chi connectivity index (χ4n) is 1.81. The van der Waals surface area contributed by atoms with Crippen molar-refractivity contribution in [3.63, 3.8) is 0 Å². The number of amides is 2. The normalized spacial score (nSPS) is 15.4. The van der Waals surface area contributed by atoms with Gasteiger partial charge in [-0.3, -0.25) is 9.59 Å². The summed E-state index contributed by atoms with van der Waals surface area (Å²) in [5.74, 6) is -0.446. The maximum Gasteiger partial charge on any atom is 0.228 e. The van der Waals surface area contributed by atoms with Crippen molar-refractivity contribution in [1.82, 2.24) is 0 Å². The first-order valence-corrected chi connectivity index (χ1v) is 5.03. The van der Waals surface area contributed by atoms with Crippen LogP contribution in [-0.4, -0.2) is 11.8 Å². The second-order valence-electron chi connectivity index (χ2n) is 3.92. The van der Waals surface area contributed by atoms with Crippen LogP contribution in [-0.2, 0) is 16.0 Å². The zero-order valence-corrected chi connectivity index (χ0v) is 8.69. The van der Waals surface area contributed by atoms with E-state index in [0.717, 1.165) is 16.8 Å². The molecular formula is C11H13N3O2. The molecular weight excluding hydrogens is 206 g/mol. The molecule has 1 unspecified atom stereocenters. The number of benzene rings is 1. The summed E-state index contributed by atoms with van der Waals surface area (Å²) in [5.41, 5.74) is 13.5. The van der Waals surface area contributed by atoms with Crippen LogP contribution in [0, 0.1) is 0 Å². The van der Waals surface area contributed by atoms with Gasteiger partial charge in [-0.25, -0.2) is 0 Å². The zero-order valence-electron chi connectivity index (χ0n) is 8.69. The van der Waals surface area contributed by atoms with E-state index in [-0.39, 0.29) is 12.3 Å². The van der Waals surface area contributed by atoms with E-state index in [1.165, 1.54) is 0 Å². The van der Waals surface area contributed by atoms with Crippen LogP contribution < -0.4 is 16.8 Å². The van der Waals surface area contributed by atoms with Gasteiger partial charge in [0.05, 0.1) is 6.42 Å². The molecule has 0 saturated heterocycles. The summed E-state index contributed by atoms with van der Waals surface area (Å²) in [5, 5.41) is 2.73. The Kier molecular flexibility index (Phi) is 2.62. The minimum Gasteiger partial charge on any atom is -0.370 e. The molecule has 0 fully saturated rings. The van der Waals surface area contributed by atoms with Crippen LogP contribution in [0.1, 0.15) is 23.6 Å². The molecule has 5 N–H and O–H groups in total. The van der Waals surface area contributed by atoms with Crippen LogP contribution >= 0.6 is 0 Å². The number of anilines is 1. The highest BCUT2D eigenvalue weighted by Crippen LogP contribution is 2.26. The summed E-state index contributed by atoms with van der Waals surface area (Å²) < 4.78 is 0. The van der Waals surface area contributed by atoms with Gasteiger partial charge in [0.15, 0.2) is 0 Å². The number of hydrogen-bond donors (Lipinski definition) is 3. The standard InChI is InChI=1S/C11H13N3O2/c12-8(5-10(13)15)6-1-2-9-7(3-6)4-11(16)14-9/h1-3,8H,4-5,12H2,(H2,13,15)(H,14,16). The molecule has 1 aliphatic rings. The van der Waals surface area contributed by atoms with Crippen LogP contribution in [0.25, 0.3) is 0 Å². The third-order valence-corrected chi connectivity index (χ3v) is 2.60. The van der Waals surface area contributed by atoms with Crippen molar-refractivity contribution in [2.24, 2.45) is 11.5 Å². The van der Waals surface area contributed by atoms with Crippen LogP contribution in [0.4, 0.5) is 5.69 Å². The first-order chi connectivity index (χ1) is 7.56. The SMILES string of the molecule is NC(=O)CC(N)c1ccc2c(c1)CC(=O)N2. The number of fused-ring (bicyclic) bond motifs is 1. The molecule has 0 saturated carbocycles. The minimum atomic E-state index is -0.429. The highest BCUT2D eigenvalue weighted by atomic mass is 16.2. The largest absolute Gasteiger partial charge is 0.370 e. The maximum atomic E-state index is 11.1. The van der Waals surface area contributed by atoms with Crippen molar-refractivity contribution in [3.8, 4) is 0 Å². The molecule has 0 radical (unpaired) electrons. The highest BCUT2D eigenvalue weighted by molar-refractivity contribution is 5.99. The Morgan fingerprint density at radius 1 is 1.50 bits per heavy atom. The monoisotopic (exact) mass is 219 g/mol. The van der Waals surface area contributed by atoms with Gasteiger partial charge in [0.1, 0.15) is 0 Å². The van der Waals surface area contributed by atoms with E-state index in [1.807, 2.05) is 6.07 Å². The molecule has 1 aromatic rings. The molecule has 5 nitrogen and oxygen atoms in total. The lowest BCUT2D eigenvalue weighted by atomic mass is 10.0. The molecule has 0 bridgehead atoms. The average Bonchev–Trinajstić information content (AvgIpc) is 2.55. The van der Waals surface area contributed by atoms with Crippen LogP contribution in [0.2, 0.25) is 0 Å². The van der Waals surface area contributed by atoms with E-state index in [4.69, 9.17) is 11.5 Å². The Hall–Kier alpha value is -1.88. The van der Waals surface area contributed by atoms with Crippen molar-refractivity contribution in [3.05, 3.63) is 29.3 Å². The zero-order chi connectivity index (χ0) is 11.7. The second-order valence-corrected chi connectivity index (χ2v) is 3.92. The number of nitrogens with two attached hydrogens (primary N) is 2. The van der Waals surface area contributed by atoms with E-state index < -0.39 is 11.9 Å². The molecule has 1 heterocycles. The Morgan fingerprint density at radius 3 is 2.94 bits per heavy atom. The fraction of sp³-hybridized carbons (Fsp3) is 0.273. The molecule has 16 heavy (non-hydrogen) atoms. The number of nitrogens with one attached hydrogen (secondary N) is 1. The summed E-state index contributed by atoms with van der Waals surface area (Å²) >= 11 is 0.